The summed E-state index contributed by atoms with van der Waals surface area (Å²) in [4.78, 5) is 10.4. The van der Waals surface area contributed by atoms with Gasteiger partial charge in [-0.25, -0.2) is 4.39 Å². The first-order valence-electron chi connectivity index (χ1n) is 5.42. The third kappa shape index (κ3) is 5.24. The average Bonchev–Trinajstić information content (AvgIpc) is 2.29. The summed E-state index contributed by atoms with van der Waals surface area (Å²) in [5.74, 6) is -1.10. The largest absolute Gasteiger partial charge is 0.481 e. The van der Waals surface area contributed by atoms with Gasteiger partial charge in [-0.1, -0.05) is 12.1 Å². The summed E-state index contributed by atoms with van der Waals surface area (Å²) in [5, 5.41) is 8.57. The van der Waals surface area contributed by atoms with E-state index in [1.54, 1.807) is 12.1 Å². The Labute approximate surface area is 102 Å². The highest BCUT2D eigenvalue weighted by Crippen LogP contribution is 2.24. The van der Waals surface area contributed by atoms with Crippen LogP contribution in [0.1, 0.15) is 30.9 Å². The average molecular weight is 258 g/mol. The number of halogens is 1. The van der Waals surface area contributed by atoms with Crippen molar-refractivity contribution in [3.8, 4) is 0 Å². The molecule has 0 aliphatic carbocycles. The predicted octanol–water partition coefficient (Wildman–Crippen LogP) is 2.97. The van der Waals surface area contributed by atoms with Gasteiger partial charge in [-0.15, -0.1) is 9.24 Å². The van der Waals surface area contributed by atoms with Crippen LogP contribution in [0, 0.1) is 5.82 Å². The zero-order chi connectivity index (χ0) is 12.7. The van der Waals surface area contributed by atoms with E-state index in [2.05, 4.69) is 9.24 Å². The third-order valence-electron chi connectivity index (χ3n) is 2.40. The molecular formula is C12H16FO3P. The lowest BCUT2D eigenvalue weighted by Crippen LogP contribution is -2.05. The van der Waals surface area contributed by atoms with Crippen LogP contribution in [-0.2, 0) is 9.53 Å². The molecule has 0 aliphatic heterocycles. The van der Waals surface area contributed by atoms with E-state index in [1.807, 2.05) is 0 Å². The number of hydrogen-bond acceptors (Lipinski definition) is 2. The van der Waals surface area contributed by atoms with E-state index in [-0.39, 0.29) is 18.3 Å². The SMILES string of the molecule is O=C(O)CCC[C@H](OCP)c1ccc(F)cc1. The second-order valence-corrected chi connectivity index (χ2v) is 3.99. The maximum absolute atomic E-state index is 12.8. The highest BCUT2D eigenvalue weighted by atomic mass is 31.0. The monoisotopic (exact) mass is 258 g/mol. The molecule has 0 amide bonds. The minimum atomic E-state index is -0.811. The zero-order valence-electron chi connectivity index (χ0n) is 9.43. The number of carboxylic acid groups (broad SMARTS) is 1. The Bertz CT molecular complexity index is 353. The van der Waals surface area contributed by atoms with Crippen LogP contribution in [0.5, 0.6) is 0 Å². The summed E-state index contributed by atoms with van der Waals surface area (Å²) in [6.07, 6.45) is 1.58. The van der Waals surface area contributed by atoms with E-state index >= 15 is 0 Å². The summed E-state index contributed by atoms with van der Waals surface area (Å²) in [5.41, 5.74) is 0.874. The van der Waals surface area contributed by atoms with E-state index in [4.69, 9.17) is 9.84 Å². The van der Waals surface area contributed by atoms with E-state index in [1.165, 1.54) is 12.1 Å². The quantitative estimate of drug-likeness (QED) is 0.765. The smallest absolute Gasteiger partial charge is 0.303 e. The van der Waals surface area contributed by atoms with Crippen molar-refractivity contribution in [1.29, 1.82) is 0 Å². The molecule has 17 heavy (non-hydrogen) atoms. The normalized spacial score (nSPS) is 12.4. The third-order valence-corrected chi connectivity index (χ3v) is 2.59. The van der Waals surface area contributed by atoms with Crippen molar-refractivity contribution in [1.82, 2.24) is 0 Å². The van der Waals surface area contributed by atoms with Gasteiger partial charge in [0.25, 0.3) is 0 Å². The van der Waals surface area contributed by atoms with Crippen LogP contribution in [0.4, 0.5) is 4.39 Å². The molecule has 5 heteroatoms. The Hall–Kier alpha value is -0.990. The number of carbonyl (C=O) groups is 1. The second kappa shape index (κ2) is 7.36. The lowest BCUT2D eigenvalue weighted by molar-refractivity contribution is -0.137. The first kappa shape index (κ1) is 14.1. The Kier molecular flexibility index (Phi) is 6.09. The van der Waals surface area contributed by atoms with Crippen LogP contribution < -0.4 is 0 Å². The highest BCUT2D eigenvalue weighted by molar-refractivity contribution is 7.16. The molecule has 0 bridgehead atoms. The fraction of sp³-hybridized carbons (Fsp3) is 0.417. The van der Waals surface area contributed by atoms with Gasteiger partial charge < -0.3 is 9.84 Å². The molecule has 1 unspecified atom stereocenters. The Balaban J connectivity index is 2.58. The maximum Gasteiger partial charge on any atom is 0.303 e. The van der Waals surface area contributed by atoms with Crippen LogP contribution in [-0.4, -0.2) is 17.4 Å². The van der Waals surface area contributed by atoms with Gasteiger partial charge in [0.1, 0.15) is 5.82 Å². The minimum Gasteiger partial charge on any atom is -0.481 e. The molecule has 1 N–H and O–H groups in total. The molecule has 3 nitrogen and oxygen atoms in total. The molecule has 0 heterocycles. The van der Waals surface area contributed by atoms with Crippen LogP contribution >= 0.6 is 9.24 Å². The first-order valence-corrected chi connectivity index (χ1v) is 6.24. The molecule has 0 saturated heterocycles. The van der Waals surface area contributed by atoms with Crippen LogP contribution in [0.15, 0.2) is 24.3 Å². The summed E-state index contributed by atoms with van der Waals surface area (Å²) in [6, 6.07) is 6.10. The molecule has 0 radical (unpaired) electrons. The van der Waals surface area contributed by atoms with Gasteiger partial charge in [-0.2, -0.15) is 0 Å². The van der Waals surface area contributed by atoms with E-state index < -0.39 is 5.97 Å². The number of ether oxygens (including phenoxy) is 1. The number of aliphatic carboxylic acids is 1. The summed E-state index contributed by atoms with van der Waals surface area (Å²) in [7, 11) is 2.45. The summed E-state index contributed by atoms with van der Waals surface area (Å²) >= 11 is 0. The lowest BCUT2D eigenvalue weighted by atomic mass is 10.0. The van der Waals surface area contributed by atoms with E-state index in [9.17, 15) is 9.18 Å². The van der Waals surface area contributed by atoms with Crippen LogP contribution in [0.3, 0.4) is 0 Å². The Morgan fingerprint density at radius 2 is 2.06 bits per heavy atom. The van der Waals surface area contributed by atoms with E-state index in [0.29, 0.717) is 19.2 Å². The molecule has 0 saturated carbocycles. The molecule has 0 aromatic heterocycles. The Morgan fingerprint density at radius 3 is 2.59 bits per heavy atom. The Morgan fingerprint density at radius 1 is 1.41 bits per heavy atom. The molecule has 1 aromatic carbocycles. The topological polar surface area (TPSA) is 46.5 Å². The van der Waals surface area contributed by atoms with Crippen molar-refractivity contribution in [3.63, 3.8) is 0 Å². The van der Waals surface area contributed by atoms with Crippen LogP contribution in [0.2, 0.25) is 0 Å². The maximum atomic E-state index is 12.8. The van der Waals surface area contributed by atoms with E-state index in [0.717, 1.165) is 5.56 Å². The number of carboxylic acids is 1. The van der Waals surface area contributed by atoms with Gasteiger partial charge in [0.15, 0.2) is 0 Å². The van der Waals surface area contributed by atoms with Crippen molar-refractivity contribution >= 4 is 15.2 Å². The lowest BCUT2D eigenvalue weighted by Gasteiger charge is -2.16. The van der Waals surface area contributed by atoms with Crippen molar-refractivity contribution < 1.29 is 19.0 Å². The second-order valence-electron chi connectivity index (χ2n) is 3.66. The fourth-order valence-corrected chi connectivity index (χ4v) is 1.81. The molecule has 2 atom stereocenters. The molecule has 0 fully saturated rings. The molecule has 1 aromatic rings. The minimum absolute atomic E-state index is 0.123. The molecule has 94 valence electrons. The fourth-order valence-electron chi connectivity index (χ4n) is 1.58. The summed E-state index contributed by atoms with van der Waals surface area (Å²) < 4.78 is 18.3. The zero-order valence-corrected chi connectivity index (χ0v) is 10.6. The van der Waals surface area contributed by atoms with Gasteiger partial charge in [-0.05, 0) is 30.5 Å². The van der Waals surface area contributed by atoms with Crippen molar-refractivity contribution in [2.75, 3.05) is 6.35 Å². The summed E-state index contributed by atoms with van der Waals surface area (Å²) in [6.45, 7) is 0. The van der Waals surface area contributed by atoms with Crippen molar-refractivity contribution in [2.45, 2.75) is 25.4 Å². The van der Waals surface area contributed by atoms with Gasteiger partial charge in [0.05, 0.1) is 12.5 Å². The molecule has 1 rings (SSSR count). The van der Waals surface area contributed by atoms with Gasteiger partial charge in [0.2, 0.25) is 0 Å². The number of benzene rings is 1. The molecule has 0 spiro atoms. The standard InChI is InChI=1S/C12H16FO3P/c13-10-6-4-9(5-7-10)11(16-8-17)2-1-3-12(14)15/h4-7,11H,1-3,8,17H2,(H,14,15)/t11-/m0/s1. The van der Waals surface area contributed by atoms with Crippen LogP contribution in [0.25, 0.3) is 0 Å². The molecular weight excluding hydrogens is 242 g/mol. The molecule has 0 aliphatic rings. The van der Waals surface area contributed by atoms with Crippen molar-refractivity contribution in [3.05, 3.63) is 35.6 Å². The predicted molar refractivity (Wildman–Crippen MR) is 66.3 cm³/mol. The number of hydrogen-bond donors (Lipinski definition) is 1. The highest BCUT2D eigenvalue weighted by Gasteiger charge is 2.12. The van der Waals surface area contributed by atoms with Crippen molar-refractivity contribution in [2.24, 2.45) is 0 Å². The number of rotatable bonds is 7. The first-order chi connectivity index (χ1) is 8.13. The van der Waals surface area contributed by atoms with Gasteiger partial charge in [-0.3, -0.25) is 4.79 Å². The van der Waals surface area contributed by atoms with Gasteiger partial charge >= 0.3 is 5.97 Å². The van der Waals surface area contributed by atoms with Gasteiger partial charge in [0, 0.05) is 6.42 Å².